The molecule has 0 aromatic heterocycles. The van der Waals surface area contributed by atoms with Crippen LogP contribution in [0.25, 0.3) is 0 Å². The third kappa shape index (κ3) is 3.29. The van der Waals surface area contributed by atoms with Crippen LogP contribution in [-0.4, -0.2) is 62.9 Å². The highest BCUT2D eigenvalue weighted by atomic mass is 16.6. The Hall–Kier alpha value is -2.26. The molecule has 172 valence electrons. The number of ketones is 1. The van der Waals surface area contributed by atoms with Gasteiger partial charge in [0.05, 0.1) is 5.92 Å². The molecule has 31 heavy (non-hydrogen) atoms. The first-order valence-electron chi connectivity index (χ1n) is 10.5. The van der Waals surface area contributed by atoms with Gasteiger partial charge in [-0.2, -0.15) is 0 Å². The Bertz CT molecular complexity index is 872. The third-order valence-corrected chi connectivity index (χ3v) is 7.17. The number of Topliss-reactive ketones (excluding diaryl/α,β-unsaturated/α-hetero) is 1. The fraction of sp³-hybridized carbons (Fsp3) is 0.727. The zero-order chi connectivity index (χ0) is 23.5. The summed E-state index contributed by atoms with van der Waals surface area (Å²) in [5, 5.41) is 22.8. The van der Waals surface area contributed by atoms with Gasteiger partial charge in [-0.25, -0.2) is 4.79 Å². The van der Waals surface area contributed by atoms with E-state index in [0.717, 1.165) is 6.92 Å². The van der Waals surface area contributed by atoms with Crippen molar-refractivity contribution in [1.29, 1.82) is 0 Å². The Labute approximate surface area is 180 Å². The van der Waals surface area contributed by atoms with Gasteiger partial charge in [-0.05, 0) is 38.3 Å². The average molecular weight is 438 g/mol. The molecular formula is C22H30O9. The minimum Gasteiger partial charge on any atom is -0.459 e. The van der Waals surface area contributed by atoms with Gasteiger partial charge in [0.15, 0.2) is 23.1 Å². The molecule has 7 atom stereocenters. The van der Waals surface area contributed by atoms with E-state index in [4.69, 9.17) is 14.2 Å². The summed E-state index contributed by atoms with van der Waals surface area (Å²) in [6, 6.07) is 0. The molecule has 0 bridgehead atoms. The lowest BCUT2D eigenvalue weighted by molar-refractivity contribution is -0.212. The van der Waals surface area contributed by atoms with Gasteiger partial charge in [0.2, 0.25) is 0 Å². The van der Waals surface area contributed by atoms with Crippen molar-refractivity contribution in [2.75, 3.05) is 0 Å². The minimum atomic E-state index is -2.43. The van der Waals surface area contributed by atoms with Gasteiger partial charge in [0.25, 0.3) is 0 Å². The molecule has 0 amide bonds. The fourth-order valence-corrected chi connectivity index (χ4v) is 4.97. The number of hydrogen-bond acceptors (Lipinski definition) is 9. The van der Waals surface area contributed by atoms with E-state index in [1.165, 1.54) is 6.92 Å². The van der Waals surface area contributed by atoms with Crippen molar-refractivity contribution in [2.24, 2.45) is 11.8 Å². The van der Waals surface area contributed by atoms with Crippen LogP contribution in [0.4, 0.5) is 0 Å². The highest BCUT2D eigenvalue weighted by molar-refractivity contribution is 6.00. The smallest absolute Gasteiger partial charge is 0.341 e. The Kier molecular flexibility index (Phi) is 5.59. The lowest BCUT2D eigenvalue weighted by Gasteiger charge is -2.41. The average Bonchev–Trinajstić information content (AvgIpc) is 3.03. The standard InChI is InChI=1S/C22H30O9/c1-7-10(2)18(25)29-15-9-20(5,31-12(4)23)13-8-14(24)11(3)16(13)17-22(15,28)21(6,27)19(26)30-17/h10,13,15,17,27-28H,7-9H2,1-6H3/t10-,13-,15-,17-,20-,21+,22+/m0/s1. The van der Waals surface area contributed by atoms with Crippen LogP contribution in [-0.2, 0) is 33.4 Å². The van der Waals surface area contributed by atoms with Crippen LogP contribution in [0.2, 0.25) is 0 Å². The largest absolute Gasteiger partial charge is 0.459 e. The number of allylic oxidation sites excluding steroid dienone is 1. The summed E-state index contributed by atoms with van der Waals surface area (Å²) in [7, 11) is 0. The molecule has 1 saturated carbocycles. The molecule has 1 saturated heterocycles. The van der Waals surface area contributed by atoms with Crippen LogP contribution in [0, 0.1) is 11.8 Å². The van der Waals surface area contributed by atoms with Crippen LogP contribution in [0.3, 0.4) is 0 Å². The van der Waals surface area contributed by atoms with Crippen LogP contribution in [0.5, 0.6) is 0 Å². The molecular weight excluding hydrogens is 408 g/mol. The maximum Gasteiger partial charge on any atom is 0.341 e. The molecule has 9 nitrogen and oxygen atoms in total. The van der Waals surface area contributed by atoms with Crippen molar-refractivity contribution < 1.29 is 43.6 Å². The van der Waals surface area contributed by atoms with Crippen molar-refractivity contribution in [3.63, 3.8) is 0 Å². The molecule has 0 aromatic rings. The Balaban J connectivity index is 2.23. The Morgan fingerprint density at radius 1 is 1.26 bits per heavy atom. The first kappa shape index (κ1) is 23.4. The predicted octanol–water partition coefficient (Wildman–Crippen LogP) is 0.983. The molecule has 2 fully saturated rings. The van der Waals surface area contributed by atoms with Gasteiger partial charge in [-0.15, -0.1) is 0 Å². The minimum absolute atomic E-state index is 0.0246. The highest BCUT2D eigenvalue weighted by Crippen LogP contribution is 2.55. The molecule has 1 aliphatic heterocycles. The Morgan fingerprint density at radius 3 is 2.42 bits per heavy atom. The van der Waals surface area contributed by atoms with E-state index in [-0.39, 0.29) is 29.8 Å². The number of carbonyl (C=O) groups excluding carboxylic acids is 4. The molecule has 2 aliphatic carbocycles. The summed E-state index contributed by atoms with van der Waals surface area (Å²) in [5.41, 5.74) is -5.61. The summed E-state index contributed by atoms with van der Waals surface area (Å²) >= 11 is 0. The zero-order valence-corrected chi connectivity index (χ0v) is 18.7. The summed E-state index contributed by atoms with van der Waals surface area (Å²) in [4.78, 5) is 49.7. The molecule has 0 aromatic carbocycles. The number of aliphatic hydroxyl groups is 2. The van der Waals surface area contributed by atoms with Crippen molar-refractivity contribution in [2.45, 2.75) is 89.8 Å². The molecule has 0 spiro atoms. The topological polar surface area (TPSA) is 136 Å². The van der Waals surface area contributed by atoms with Gasteiger partial charge >= 0.3 is 17.9 Å². The number of hydrogen-bond donors (Lipinski definition) is 2. The van der Waals surface area contributed by atoms with Crippen molar-refractivity contribution >= 4 is 23.7 Å². The lowest BCUT2D eigenvalue weighted by atomic mass is 9.75. The second-order valence-electron chi connectivity index (χ2n) is 9.29. The van der Waals surface area contributed by atoms with E-state index in [0.29, 0.717) is 6.42 Å². The fourth-order valence-electron chi connectivity index (χ4n) is 4.97. The highest BCUT2D eigenvalue weighted by Gasteiger charge is 2.74. The summed E-state index contributed by atoms with van der Waals surface area (Å²) in [6.45, 7) is 8.89. The first-order valence-corrected chi connectivity index (χ1v) is 10.5. The van der Waals surface area contributed by atoms with Crippen molar-refractivity contribution in [1.82, 2.24) is 0 Å². The summed E-state index contributed by atoms with van der Waals surface area (Å²) < 4.78 is 16.7. The van der Waals surface area contributed by atoms with Crippen LogP contribution < -0.4 is 0 Å². The molecule has 1 heterocycles. The van der Waals surface area contributed by atoms with E-state index >= 15 is 0 Å². The van der Waals surface area contributed by atoms with Gasteiger partial charge < -0.3 is 24.4 Å². The summed E-state index contributed by atoms with van der Waals surface area (Å²) in [5.74, 6) is -3.79. The molecule has 3 aliphatic rings. The van der Waals surface area contributed by atoms with E-state index in [9.17, 15) is 29.4 Å². The van der Waals surface area contributed by atoms with Gasteiger partial charge in [-0.1, -0.05) is 13.8 Å². The molecule has 2 N–H and O–H groups in total. The molecule has 0 radical (unpaired) electrons. The van der Waals surface area contributed by atoms with E-state index < -0.39 is 58.8 Å². The molecule has 9 heteroatoms. The number of rotatable bonds is 4. The molecule has 3 rings (SSSR count). The molecule has 0 unspecified atom stereocenters. The van der Waals surface area contributed by atoms with Gasteiger partial charge in [-0.3, -0.25) is 14.4 Å². The second kappa shape index (κ2) is 7.41. The zero-order valence-electron chi connectivity index (χ0n) is 18.7. The second-order valence-corrected chi connectivity index (χ2v) is 9.29. The first-order chi connectivity index (χ1) is 14.2. The monoisotopic (exact) mass is 438 g/mol. The lowest BCUT2D eigenvalue weighted by Crippen LogP contribution is -2.64. The van der Waals surface area contributed by atoms with E-state index in [1.807, 2.05) is 0 Å². The van der Waals surface area contributed by atoms with Crippen LogP contribution in [0.15, 0.2) is 11.1 Å². The quantitative estimate of drug-likeness (QED) is 0.486. The Morgan fingerprint density at radius 2 is 1.87 bits per heavy atom. The predicted molar refractivity (Wildman–Crippen MR) is 105 cm³/mol. The van der Waals surface area contributed by atoms with Crippen LogP contribution >= 0.6 is 0 Å². The number of carbonyl (C=O) groups is 4. The van der Waals surface area contributed by atoms with Crippen molar-refractivity contribution in [3.8, 4) is 0 Å². The maximum atomic E-state index is 12.7. The van der Waals surface area contributed by atoms with E-state index in [1.54, 1.807) is 27.7 Å². The van der Waals surface area contributed by atoms with Crippen molar-refractivity contribution in [3.05, 3.63) is 11.1 Å². The van der Waals surface area contributed by atoms with Gasteiger partial charge in [0, 0.05) is 25.7 Å². The third-order valence-electron chi connectivity index (χ3n) is 7.17. The number of ether oxygens (including phenoxy) is 3. The number of esters is 3. The van der Waals surface area contributed by atoms with Gasteiger partial charge in [0.1, 0.15) is 11.7 Å². The van der Waals surface area contributed by atoms with Crippen LogP contribution in [0.1, 0.15) is 60.8 Å². The SMILES string of the molecule is CC[C@H](C)C(=O)O[C@H]1C[C@](C)(OC(C)=O)[C@H]2CC(=O)C(C)=C2[C@@H]2OC(=O)[C@@](C)(O)[C@@]12O. The number of fused-ring (bicyclic) bond motifs is 3. The summed E-state index contributed by atoms with van der Waals surface area (Å²) in [6.07, 6.45) is -2.65. The van der Waals surface area contributed by atoms with E-state index in [2.05, 4.69) is 0 Å². The maximum absolute atomic E-state index is 12.7. The normalized spacial score (nSPS) is 40.6.